The summed E-state index contributed by atoms with van der Waals surface area (Å²) in [5.41, 5.74) is 1.18. The van der Waals surface area contributed by atoms with E-state index in [9.17, 15) is 9.90 Å². The van der Waals surface area contributed by atoms with Crippen molar-refractivity contribution in [2.24, 2.45) is 0 Å². The molecule has 1 amide bonds. The zero-order chi connectivity index (χ0) is 13.8. The molecule has 1 aliphatic heterocycles. The number of piperazine rings is 1. The molecule has 19 heavy (non-hydrogen) atoms. The maximum absolute atomic E-state index is 11.1. The van der Waals surface area contributed by atoms with Gasteiger partial charge >= 0.3 is 6.09 Å². The van der Waals surface area contributed by atoms with Gasteiger partial charge in [-0.1, -0.05) is 30.3 Å². The zero-order valence-corrected chi connectivity index (χ0v) is 11.1. The van der Waals surface area contributed by atoms with Gasteiger partial charge in [-0.15, -0.1) is 0 Å². The Morgan fingerprint density at radius 2 is 2.00 bits per heavy atom. The van der Waals surface area contributed by atoms with Gasteiger partial charge in [-0.05, 0) is 12.5 Å². The quantitative estimate of drug-likeness (QED) is 0.862. The third-order valence-electron chi connectivity index (χ3n) is 3.64. The third kappa shape index (κ3) is 3.24. The topological polar surface area (TPSA) is 64.0 Å². The van der Waals surface area contributed by atoms with Crippen LogP contribution in [0.15, 0.2) is 30.3 Å². The second-order valence-electron chi connectivity index (χ2n) is 5.04. The van der Waals surface area contributed by atoms with Crippen LogP contribution in [0.25, 0.3) is 0 Å². The molecule has 5 nitrogen and oxygen atoms in total. The van der Waals surface area contributed by atoms with E-state index >= 15 is 0 Å². The lowest BCUT2D eigenvalue weighted by molar-refractivity contribution is 0.0109. The van der Waals surface area contributed by atoms with Crippen molar-refractivity contribution in [2.75, 3.05) is 19.7 Å². The van der Waals surface area contributed by atoms with Gasteiger partial charge in [0.2, 0.25) is 0 Å². The van der Waals surface area contributed by atoms with Crippen molar-refractivity contribution < 1.29 is 15.0 Å². The second kappa shape index (κ2) is 6.04. The van der Waals surface area contributed by atoms with Crippen molar-refractivity contribution in [1.82, 2.24) is 9.80 Å². The fraction of sp³-hybridized carbons (Fsp3) is 0.500. The number of aliphatic hydroxyl groups excluding tert-OH is 1. The minimum Gasteiger partial charge on any atom is -0.465 e. The van der Waals surface area contributed by atoms with Gasteiger partial charge in [0, 0.05) is 25.7 Å². The van der Waals surface area contributed by atoms with E-state index in [1.165, 1.54) is 10.5 Å². The highest BCUT2D eigenvalue weighted by Gasteiger charge is 2.33. The Labute approximate surface area is 113 Å². The van der Waals surface area contributed by atoms with Crippen molar-refractivity contribution in [2.45, 2.75) is 25.6 Å². The van der Waals surface area contributed by atoms with Crippen LogP contribution >= 0.6 is 0 Å². The van der Waals surface area contributed by atoms with Crippen molar-refractivity contribution in [3.63, 3.8) is 0 Å². The van der Waals surface area contributed by atoms with Crippen LogP contribution < -0.4 is 0 Å². The van der Waals surface area contributed by atoms with Gasteiger partial charge in [0.25, 0.3) is 0 Å². The van der Waals surface area contributed by atoms with Crippen LogP contribution in [-0.2, 0) is 6.54 Å². The predicted molar refractivity (Wildman–Crippen MR) is 71.9 cm³/mol. The van der Waals surface area contributed by atoms with Crippen LogP contribution in [0.1, 0.15) is 12.5 Å². The normalized spacial score (nSPS) is 24.4. The highest BCUT2D eigenvalue weighted by atomic mass is 16.4. The van der Waals surface area contributed by atoms with E-state index in [1.807, 2.05) is 37.3 Å². The van der Waals surface area contributed by atoms with Crippen LogP contribution in [0.4, 0.5) is 4.79 Å². The average Bonchev–Trinajstić information content (AvgIpc) is 2.39. The Balaban J connectivity index is 2.06. The number of hydrogen-bond acceptors (Lipinski definition) is 3. The smallest absolute Gasteiger partial charge is 0.407 e. The number of nitrogens with zero attached hydrogens (tertiary/aromatic N) is 2. The second-order valence-corrected chi connectivity index (χ2v) is 5.04. The molecule has 1 aliphatic rings. The highest BCUT2D eigenvalue weighted by Crippen LogP contribution is 2.18. The van der Waals surface area contributed by atoms with E-state index in [0.29, 0.717) is 13.1 Å². The number of hydrogen-bond donors (Lipinski definition) is 2. The number of amides is 1. The van der Waals surface area contributed by atoms with Crippen molar-refractivity contribution in [3.05, 3.63) is 35.9 Å². The van der Waals surface area contributed by atoms with E-state index in [0.717, 1.165) is 6.54 Å². The molecule has 2 N–H and O–H groups in total. The minimum absolute atomic E-state index is 0.0245. The van der Waals surface area contributed by atoms with Gasteiger partial charge in [-0.3, -0.25) is 4.90 Å². The maximum Gasteiger partial charge on any atom is 0.407 e. The molecule has 0 spiro atoms. The van der Waals surface area contributed by atoms with Crippen molar-refractivity contribution in [1.29, 1.82) is 0 Å². The van der Waals surface area contributed by atoms with E-state index in [1.54, 1.807) is 0 Å². The average molecular weight is 264 g/mol. The van der Waals surface area contributed by atoms with E-state index in [4.69, 9.17) is 5.11 Å². The first kappa shape index (κ1) is 13.8. The lowest BCUT2D eigenvalue weighted by Crippen LogP contribution is -2.59. The van der Waals surface area contributed by atoms with Gasteiger partial charge < -0.3 is 15.1 Å². The molecular formula is C14H20N2O3. The predicted octanol–water partition coefficient (Wildman–Crippen LogP) is 1.23. The third-order valence-corrected chi connectivity index (χ3v) is 3.64. The lowest BCUT2D eigenvalue weighted by atomic mass is 10.1. The van der Waals surface area contributed by atoms with E-state index < -0.39 is 6.09 Å². The number of rotatable bonds is 3. The number of carbonyl (C=O) groups is 1. The van der Waals surface area contributed by atoms with Gasteiger partial charge in [0.1, 0.15) is 0 Å². The van der Waals surface area contributed by atoms with E-state index in [-0.39, 0.29) is 18.7 Å². The molecule has 0 aliphatic carbocycles. The van der Waals surface area contributed by atoms with Gasteiger partial charge in [-0.25, -0.2) is 4.79 Å². The molecule has 1 saturated heterocycles. The molecule has 5 heteroatoms. The van der Waals surface area contributed by atoms with Crippen LogP contribution in [0.2, 0.25) is 0 Å². The molecule has 0 saturated carbocycles. The van der Waals surface area contributed by atoms with Gasteiger partial charge in [0.15, 0.2) is 0 Å². The Bertz CT molecular complexity index is 424. The molecule has 2 atom stereocenters. The Hall–Kier alpha value is -1.59. The Kier molecular flexibility index (Phi) is 4.39. The summed E-state index contributed by atoms with van der Waals surface area (Å²) in [6, 6.07) is 9.85. The molecule has 0 bridgehead atoms. The summed E-state index contributed by atoms with van der Waals surface area (Å²) >= 11 is 0. The fourth-order valence-corrected chi connectivity index (χ4v) is 2.56. The van der Waals surface area contributed by atoms with Crippen molar-refractivity contribution >= 4 is 6.09 Å². The molecule has 2 rings (SSSR count). The monoisotopic (exact) mass is 264 g/mol. The SMILES string of the molecule is C[C@@H]1CN(Cc2ccccc2)[C@H](CO)CN1C(=O)O. The molecule has 1 aromatic carbocycles. The summed E-state index contributed by atoms with van der Waals surface area (Å²) in [5.74, 6) is 0. The first-order valence-electron chi connectivity index (χ1n) is 6.50. The molecular weight excluding hydrogens is 244 g/mol. The summed E-state index contributed by atoms with van der Waals surface area (Å²) in [6.07, 6.45) is -0.912. The largest absolute Gasteiger partial charge is 0.465 e. The summed E-state index contributed by atoms with van der Waals surface area (Å²) in [5, 5.41) is 18.6. The van der Waals surface area contributed by atoms with Crippen LogP contribution in [-0.4, -0.2) is 57.9 Å². The van der Waals surface area contributed by atoms with Crippen LogP contribution in [0, 0.1) is 0 Å². The van der Waals surface area contributed by atoms with Gasteiger partial charge in [-0.2, -0.15) is 0 Å². The van der Waals surface area contributed by atoms with Crippen molar-refractivity contribution in [3.8, 4) is 0 Å². The maximum atomic E-state index is 11.1. The summed E-state index contributed by atoms with van der Waals surface area (Å²) in [7, 11) is 0. The Morgan fingerprint density at radius 1 is 1.32 bits per heavy atom. The molecule has 1 heterocycles. The molecule has 0 unspecified atom stereocenters. The lowest BCUT2D eigenvalue weighted by Gasteiger charge is -2.43. The first-order chi connectivity index (χ1) is 9.11. The molecule has 0 aromatic heterocycles. The Morgan fingerprint density at radius 3 is 2.58 bits per heavy atom. The molecule has 1 aromatic rings. The highest BCUT2D eigenvalue weighted by molar-refractivity contribution is 5.65. The minimum atomic E-state index is -0.912. The molecule has 0 radical (unpaired) electrons. The fourth-order valence-electron chi connectivity index (χ4n) is 2.56. The molecule has 1 fully saturated rings. The molecule has 104 valence electrons. The number of benzene rings is 1. The summed E-state index contributed by atoms with van der Waals surface area (Å²) < 4.78 is 0. The zero-order valence-electron chi connectivity index (χ0n) is 11.1. The van der Waals surface area contributed by atoms with E-state index in [2.05, 4.69) is 4.90 Å². The number of aliphatic hydroxyl groups is 1. The summed E-state index contributed by atoms with van der Waals surface area (Å²) in [4.78, 5) is 14.7. The standard InChI is InChI=1S/C14H20N2O3/c1-11-7-15(8-12-5-3-2-4-6-12)13(10-17)9-16(11)14(18)19/h2-6,11,13,17H,7-10H2,1H3,(H,18,19)/t11-,13+/m1/s1. The van der Waals surface area contributed by atoms with Gasteiger partial charge in [0.05, 0.1) is 12.6 Å². The van der Waals surface area contributed by atoms with Crippen LogP contribution in [0.5, 0.6) is 0 Å². The first-order valence-corrected chi connectivity index (χ1v) is 6.50. The summed E-state index contributed by atoms with van der Waals surface area (Å²) in [6.45, 7) is 3.62. The number of carboxylic acid groups (broad SMARTS) is 1. The van der Waals surface area contributed by atoms with Crippen LogP contribution in [0.3, 0.4) is 0 Å².